The van der Waals surface area contributed by atoms with Crippen LogP contribution in [0, 0.1) is 5.41 Å². The fraction of sp³-hybridized carbons (Fsp3) is 0.0909. The molecule has 0 amide bonds. The standard InChI is InChI=1S/C22H18Cl2N6O/c1-14-19(28-22(31)30(14)11-16-4-8-18(24)9-5-16)20-21(26-12-25)29(13-27-20)10-15-2-6-17(23)7-3-15/h2-9,12-13,25H,1,10-11H2,(H,28,31). The Balaban J connectivity index is 1.72. The summed E-state index contributed by atoms with van der Waals surface area (Å²) < 4.78 is 1.53. The highest BCUT2D eigenvalue weighted by Gasteiger charge is 2.23. The van der Waals surface area contributed by atoms with Crippen molar-refractivity contribution in [3.8, 4) is 0 Å². The Morgan fingerprint density at radius 3 is 2.19 bits per heavy atom. The summed E-state index contributed by atoms with van der Waals surface area (Å²) in [7, 11) is 0. The molecule has 3 aromatic rings. The second-order valence-electron chi connectivity index (χ2n) is 6.89. The fourth-order valence-electron chi connectivity index (χ4n) is 3.29. The van der Waals surface area contributed by atoms with Gasteiger partial charge in [0.15, 0.2) is 5.84 Å². The molecule has 1 aliphatic rings. The maximum Gasteiger partial charge on any atom is 0.326 e. The normalized spacial score (nSPS) is 16.3. The summed E-state index contributed by atoms with van der Waals surface area (Å²) in [6.07, 6.45) is 2.57. The highest BCUT2D eigenvalue weighted by atomic mass is 35.5. The van der Waals surface area contributed by atoms with Crippen LogP contribution in [0.4, 0.5) is 0 Å². The Bertz CT molecular complexity index is 1350. The third-order valence-corrected chi connectivity index (χ3v) is 5.35. The van der Waals surface area contributed by atoms with Crippen LogP contribution in [0.3, 0.4) is 0 Å². The molecule has 31 heavy (non-hydrogen) atoms. The van der Waals surface area contributed by atoms with Crippen LogP contribution in [0.25, 0.3) is 12.3 Å². The molecule has 0 aliphatic carbocycles. The van der Waals surface area contributed by atoms with Crippen LogP contribution >= 0.6 is 23.2 Å². The van der Waals surface area contributed by atoms with Crippen molar-refractivity contribution in [3.63, 3.8) is 0 Å². The first kappa shape index (κ1) is 20.8. The molecule has 0 fully saturated rings. The van der Waals surface area contributed by atoms with E-state index in [0.29, 0.717) is 45.4 Å². The number of aliphatic imine (C=N–C) groups is 2. The van der Waals surface area contributed by atoms with Crippen LogP contribution in [0.2, 0.25) is 10.0 Å². The molecule has 2 heterocycles. The number of nitrogens with zero attached hydrogens (tertiary/aromatic N) is 4. The average molecular weight is 453 g/mol. The summed E-state index contributed by atoms with van der Waals surface area (Å²) in [6.45, 7) is 4.90. The van der Waals surface area contributed by atoms with Crippen molar-refractivity contribution in [1.82, 2.24) is 14.5 Å². The largest absolute Gasteiger partial charge is 0.326 e. The first-order chi connectivity index (χ1) is 15.0. The van der Waals surface area contributed by atoms with E-state index in [0.717, 1.165) is 17.5 Å². The third kappa shape index (κ3) is 4.38. The number of hydrogen-bond donors (Lipinski definition) is 2. The molecular weight excluding hydrogens is 435 g/mol. The topological polar surface area (TPSA) is 89.6 Å². The lowest BCUT2D eigenvalue weighted by Crippen LogP contribution is -2.35. The van der Waals surface area contributed by atoms with E-state index in [9.17, 15) is 4.79 Å². The minimum absolute atomic E-state index is 0.303. The number of aromatic amines is 1. The molecular formula is C22H18Cl2N6O. The Morgan fingerprint density at radius 2 is 1.61 bits per heavy atom. The van der Waals surface area contributed by atoms with E-state index in [-0.39, 0.29) is 5.69 Å². The van der Waals surface area contributed by atoms with E-state index in [1.807, 2.05) is 36.4 Å². The Kier molecular flexibility index (Phi) is 5.88. The van der Waals surface area contributed by atoms with Gasteiger partial charge in [-0.1, -0.05) is 54.0 Å². The van der Waals surface area contributed by atoms with E-state index >= 15 is 0 Å². The van der Waals surface area contributed by atoms with Crippen LogP contribution in [0.1, 0.15) is 11.1 Å². The molecule has 2 aromatic carbocycles. The summed E-state index contributed by atoms with van der Waals surface area (Å²) in [5.74, 6) is 0.453. The summed E-state index contributed by atoms with van der Waals surface area (Å²) >= 11 is 11.9. The number of aromatic nitrogens is 2. The van der Waals surface area contributed by atoms with E-state index in [1.54, 1.807) is 23.4 Å². The molecule has 0 spiro atoms. The molecule has 0 unspecified atom stereocenters. The molecule has 1 aliphatic heterocycles. The molecule has 2 N–H and O–H groups in total. The first-order valence-corrected chi connectivity index (χ1v) is 10.1. The van der Waals surface area contributed by atoms with Gasteiger partial charge in [-0.15, -0.1) is 0 Å². The van der Waals surface area contributed by atoms with Gasteiger partial charge in [0.25, 0.3) is 0 Å². The molecule has 4 rings (SSSR count). The molecule has 0 saturated heterocycles. The lowest BCUT2D eigenvalue weighted by molar-refractivity contribution is 0.636. The van der Waals surface area contributed by atoms with Gasteiger partial charge in [0.05, 0.1) is 30.1 Å². The van der Waals surface area contributed by atoms with E-state index in [4.69, 9.17) is 28.6 Å². The minimum atomic E-state index is -0.303. The van der Waals surface area contributed by atoms with Gasteiger partial charge in [-0.3, -0.25) is 9.98 Å². The third-order valence-electron chi connectivity index (χ3n) is 4.85. The van der Waals surface area contributed by atoms with Gasteiger partial charge in [-0.2, -0.15) is 0 Å². The molecule has 0 atom stereocenters. The zero-order chi connectivity index (χ0) is 22.0. The number of benzene rings is 2. The zero-order valence-electron chi connectivity index (χ0n) is 16.3. The maximum atomic E-state index is 12.6. The summed E-state index contributed by atoms with van der Waals surface area (Å²) in [4.78, 5) is 25.9. The number of H-pyrrole nitrogens is 1. The van der Waals surface area contributed by atoms with Gasteiger partial charge < -0.3 is 9.88 Å². The monoisotopic (exact) mass is 452 g/mol. The van der Waals surface area contributed by atoms with Crippen LogP contribution in [-0.4, -0.2) is 33.0 Å². The quantitative estimate of drug-likeness (QED) is 0.460. The van der Waals surface area contributed by atoms with E-state index < -0.39 is 0 Å². The van der Waals surface area contributed by atoms with Gasteiger partial charge >= 0.3 is 5.69 Å². The summed E-state index contributed by atoms with van der Waals surface area (Å²) in [6, 6.07) is 14.7. The van der Waals surface area contributed by atoms with Crippen molar-refractivity contribution in [2.24, 2.45) is 9.98 Å². The van der Waals surface area contributed by atoms with Gasteiger partial charge in [-0.25, -0.2) is 14.8 Å². The second-order valence-corrected chi connectivity index (χ2v) is 7.77. The van der Waals surface area contributed by atoms with Crippen molar-refractivity contribution >= 4 is 54.0 Å². The molecule has 156 valence electrons. The Labute approximate surface area is 187 Å². The minimum Gasteiger partial charge on any atom is -0.311 e. The molecule has 9 heteroatoms. The Hall–Kier alpha value is -3.42. The fourth-order valence-corrected chi connectivity index (χ4v) is 3.54. The number of rotatable bonds is 5. The van der Waals surface area contributed by atoms with Gasteiger partial charge in [0.1, 0.15) is 12.0 Å². The van der Waals surface area contributed by atoms with E-state index in [2.05, 4.69) is 21.5 Å². The highest BCUT2D eigenvalue weighted by molar-refractivity contribution is 6.30. The van der Waals surface area contributed by atoms with Crippen molar-refractivity contribution in [1.29, 1.82) is 5.41 Å². The second kappa shape index (κ2) is 8.75. The summed E-state index contributed by atoms with van der Waals surface area (Å²) in [5, 5.41) is 9.69. The van der Waals surface area contributed by atoms with Crippen LogP contribution in [0.5, 0.6) is 0 Å². The van der Waals surface area contributed by atoms with Crippen molar-refractivity contribution in [3.05, 3.63) is 90.9 Å². The maximum absolute atomic E-state index is 12.6. The first-order valence-electron chi connectivity index (χ1n) is 9.35. The van der Waals surface area contributed by atoms with Gasteiger partial charge in [-0.05, 0) is 35.4 Å². The SMILES string of the molecule is C=c1c(=C2N=CN(Cc3ccc(Cl)cc3)C2=NC=N)[nH]c(=O)n1Cc1ccc(Cl)cc1. The van der Waals surface area contributed by atoms with Crippen molar-refractivity contribution in [2.45, 2.75) is 13.1 Å². The van der Waals surface area contributed by atoms with Gasteiger partial charge in [0, 0.05) is 10.0 Å². The van der Waals surface area contributed by atoms with Gasteiger partial charge in [0.2, 0.25) is 0 Å². The Morgan fingerprint density at radius 1 is 1.03 bits per heavy atom. The number of nitrogens with one attached hydrogen (secondary N) is 2. The van der Waals surface area contributed by atoms with Crippen molar-refractivity contribution in [2.75, 3.05) is 0 Å². The van der Waals surface area contributed by atoms with Crippen molar-refractivity contribution < 1.29 is 0 Å². The number of hydrogen-bond acceptors (Lipinski definition) is 3. The molecule has 0 saturated carbocycles. The number of halogens is 2. The average Bonchev–Trinajstić information content (AvgIpc) is 3.27. The number of imidazole rings is 1. The molecule has 0 bridgehead atoms. The lowest BCUT2D eigenvalue weighted by Gasteiger charge is -2.15. The van der Waals surface area contributed by atoms with Crippen LogP contribution < -0.4 is 16.4 Å². The molecule has 7 nitrogen and oxygen atoms in total. The van der Waals surface area contributed by atoms with E-state index in [1.165, 1.54) is 4.57 Å². The predicted molar refractivity (Wildman–Crippen MR) is 125 cm³/mol. The smallest absolute Gasteiger partial charge is 0.311 e. The molecule has 1 aromatic heterocycles. The zero-order valence-corrected chi connectivity index (χ0v) is 17.9. The summed E-state index contributed by atoms with van der Waals surface area (Å²) in [5.41, 5.74) is 2.07. The lowest BCUT2D eigenvalue weighted by atomic mass is 10.2. The van der Waals surface area contributed by atoms with Crippen LogP contribution in [-0.2, 0) is 13.1 Å². The van der Waals surface area contributed by atoms with Crippen LogP contribution in [0.15, 0.2) is 63.3 Å². The molecule has 0 radical (unpaired) electrons. The predicted octanol–water partition coefficient (Wildman–Crippen LogP) is 2.60. The highest BCUT2D eigenvalue weighted by Crippen LogP contribution is 2.17. The number of amidine groups is 1.